The zero-order chi connectivity index (χ0) is 82.0. The molecule has 0 unspecified atom stereocenters. The maximum absolute atomic E-state index is 12.9. The highest BCUT2D eigenvalue weighted by Gasteiger charge is 2.36. The van der Waals surface area contributed by atoms with E-state index in [0.717, 1.165) is 121 Å². The largest absolute Gasteiger partial charge is 0.489 e. The van der Waals surface area contributed by atoms with Crippen molar-refractivity contribution in [2.24, 2.45) is 0 Å². The number of aryl methyl sites for hydroxylation is 4. The van der Waals surface area contributed by atoms with Crippen LogP contribution in [-0.4, -0.2) is 81.9 Å². The molecule has 0 radical (unpaired) electrons. The van der Waals surface area contributed by atoms with Crippen molar-refractivity contribution in [1.29, 1.82) is 0 Å². The summed E-state index contributed by atoms with van der Waals surface area (Å²) in [6.07, 6.45) is 7.18. The Hall–Kier alpha value is -1.56. The van der Waals surface area contributed by atoms with Crippen LogP contribution in [0.15, 0.2) is 160 Å². The lowest BCUT2D eigenvalue weighted by atomic mass is 10.1. The van der Waals surface area contributed by atoms with Crippen LogP contribution in [-0.2, 0) is 38.0 Å². The molecule has 0 spiro atoms. The maximum Gasteiger partial charge on any atom is 0.418 e. The molecule has 6 aromatic rings. The average Bonchev–Trinajstić information content (AvgIpc) is 0.809. The molecule has 0 atom stereocenters. The third-order valence-corrected chi connectivity index (χ3v) is 20.2. The number of benzene rings is 6. The summed E-state index contributed by atoms with van der Waals surface area (Å²) in [5, 5.41) is 17.8. The minimum Gasteiger partial charge on any atom is -0.489 e. The first-order valence-corrected chi connectivity index (χ1v) is 43.6. The highest BCUT2D eigenvalue weighted by molar-refractivity contribution is 9.29. The van der Waals surface area contributed by atoms with Crippen molar-refractivity contribution in [2.45, 2.75) is 78.6 Å². The van der Waals surface area contributed by atoms with Gasteiger partial charge >= 0.3 is 12.4 Å². The Kier molecular flexibility index (Phi) is 54.8. The van der Waals surface area contributed by atoms with Crippen LogP contribution in [0.2, 0.25) is 0 Å². The third-order valence-electron chi connectivity index (χ3n) is 13.5. The van der Waals surface area contributed by atoms with Crippen LogP contribution in [0.3, 0.4) is 0 Å². The fraction of sp³-hybridized carbons (Fsp3) is 0.333. The fourth-order valence-corrected chi connectivity index (χ4v) is 14.1. The smallest absolute Gasteiger partial charge is 0.418 e. The summed E-state index contributed by atoms with van der Waals surface area (Å²) in [4.78, 5) is 0. The lowest BCUT2D eigenvalue weighted by molar-refractivity contribution is -0.137. The van der Waals surface area contributed by atoms with E-state index in [2.05, 4.69) is 263 Å². The molecule has 600 valence electrons. The quantitative estimate of drug-likeness (QED) is 0.0240. The van der Waals surface area contributed by atoms with Gasteiger partial charge in [0, 0.05) is 69.1 Å². The summed E-state index contributed by atoms with van der Waals surface area (Å²) in [7, 11) is 10.5. The summed E-state index contributed by atoms with van der Waals surface area (Å²) in [6.45, 7) is 10.4. The first-order chi connectivity index (χ1) is 50.8. The van der Waals surface area contributed by atoms with Crippen LogP contribution in [0.5, 0.6) is 34.5 Å². The second-order valence-electron chi connectivity index (χ2n) is 20.9. The molecule has 36 heteroatoms. The van der Waals surface area contributed by atoms with Gasteiger partial charge in [-0.15, -0.1) is 0 Å². The van der Waals surface area contributed by atoms with Gasteiger partial charge in [-0.2, -0.15) is 26.3 Å². The van der Waals surface area contributed by atoms with Gasteiger partial charge < -0.3 is 60.3 Å². The zero-order valence-electron chi connectivity index (χ0n) is 59.4. The molecular formula is C72H78Br12Cl6F6N6O6. The molecular weight excluding hydrogens is 2330 g/mol. The normalized spacial score (nSPS) is 10.4. The molecule has 12 nitrogen and oxygen atoms in total. The van der Waals surface area contributed by atoms with E-state index in [4.69, 9.17) is 98.0 Å². The third kappa shape index (κ3) is 41.3. The first kappa shape index (κ1) is 104. The van der Waals surface area contributed by atoms with E-state index in [0.29, 0.717) is 34.3 Å². The monoisotopic (exact) mass is 2390 g/mol. The van der Waals surface area contributed by atoms with Gasteiger partial charge in [0.1, 0.15) is 87.6 Å². The highest BCUT2D eigenvalue weighted by Crippen LogP contribution is 2.44. The number of hydrogen-bond donors (Lipinski definition) is 6. The summed E-state index contributed by atoms with van der Waals surface area (Å²) in [5.41, 5.74) is 7.72. The lowest BCUT2D eigenvalue weighted by Gasteiger charge is -2.16. The predicted octanol–water partition coefficient (Wildman–Crippen LogP) is 31.1. The van der Waals surface area contributed by atoms with Crippen molar-refractivity contribution in [3.05, 3.63) is 193 Å². The minimum atomic E-state index is -4.49. The Morgan fingerprint density at radius 3 is 0.694 bits per heavy atom. The molecule has 0 aliphatic carbocycles. The van der Waals surface area contributed by atoms with Crippen LogP contribution in [0.4, 0.5) is 60.5 Å². The van der Waals surface area contributed by atoms with E-state index in [9.17, 15) is 26.3 Å². The van der Waals surface area contributed by atoms with Crippen molar-refractivity contribution in [3.8, 4) is 34.5 Å². The van der Waals surface area contributed by atoms with Crippen LogP contribution in [0.25, 0.3) is 0 Å². The van der Waals surface area contributed by atoms with E-state index in [1.54, 1.807) is 18.2 Å². The molecule has 0 saturated carbocycles. The van der Waals surface area contributed by atoms with Crippen molar-refractivity contribution in [2.75, 3.05) is 114 Å². The number of anilines is 6. The Morgan fingerprint density at radius 1 is 0.315 bits per heavy atom. The average molecular weight is 2410 g/mol. The van der Waals surface area contributed by atoms with Gasteiger partial charge in [0.2, 0.25) is 0 Å². The molecule has 6 rings (SSSR count). The molecule has 6 N–H and O–H groups in total. The van der Waals surface area contributed by atoms with Gasteiger partial charge in [0.15, 0.2) is 0 Å². The number of halogens is 24. The van der Waals surface area contributed by atoms with Gasteiger partial charge in [-0.25, -0.2) is 0 Å². The van der Waals surface area contributed by atoms with Crippen LogP contribution >= 0.6 is 261 Å². The predicted molar refractivity (Wildman–Crippen MR) is 489 cm³/mol. The summed E-state index contributed by atoms with van der Waals surface area (Å²) < 4.78 is 118. The minimum absolute atomic E-state index is 0.0121. The summed E-state index contributed by atoms with van der Waals surface area (Å²) >= 11 is 72.6. The number of ether oxygens (including phenoxy) is 6. The highest BCUT2D eigenvalue weighted by atomic mass is 79.9. The molecule has 0 fully saturated rings. The number of hydrogen-bond acceptors (Lipinski definition) is 12. The zero-order valence-corrected chi connectivity index (χ0v) is 83.0. The molecule has 0 amide bonds. The van der Waals surface area contributed by atoms with Gasteiger partial charge in [0.05, 0.1) is 55.4 Å². The summed E-state index contributed by atoms with van der Waals surface area (Å²) in [5.74, 6) is 3.53. The second kappa shape index (κ2) is 56.7. The fourth-order valence-electron chi connectivity index (χ4n) is 8.98. The van der Waals surface area contributed by atoms with Gasteiger partial charge in [-0.1, -0.05) is 110 Å². The Labute approximate surface area is 760 Å². The van der Waals surface area contributed by atoms with E-state index < -0.39 is 23.5 Å². The molecule has 6 aromatic carbocycles. The maximum atomic E-state index is 12.9. The molecule has 0 bridgehead atoms. The van der Waals surface area contributed by atoms with E-state index in [-0.39, 0.29) is 54.0 Å². The van der Waals surface area contributed by atoms with Crippen molar-refractivity contribution < 1.29 is 54.8 Å². The van der Waals surface area contributed by atoms with Crippen LogP contribution in [0, 0.1) is 0 Å². The SMILES string of the molecule is CCCc1cc(OCC=C(Br)Br)cc(Br)c1NC.CCCc1cc(OCC=C(Cl)Cl)cc(Br)c1NC.CCc1cc(OCC=C(Br)Br)cc(Br)c1NC.CCc1cc(OCC=C(Cl)Cl)cc(Br)c1NC.CNc1c(Br)cc(OCC=C(Br)Br)cc1C(F)(F)F.CNc1c(Br)cc(OCC=C(Cl)Cl)cc1C(F)(F)F. The molecule has 0 heterocycles. The standard InChI is InChI=1S/C13H16Br3NO.C13H16BrCl2NO.C12H14Br3NO.C12H14BrCl2NO.C11H9Br3F3NO.C11H9BrCl2F3NO/c2*1-3-4-9-7-10(18-6-5-12(15)16)8-11(14)13(9)17-2;2*1-3-8-6-9(17-5-4-11(14)15)7-10(13)12(8)16-2;2*1-18-10-7(11(15,16)17)4-6(5-8(10)12)19-3-2-9(13)14/h2*5,7-8,17H,3-4,6H2,1-2H3;2*4,6-7,16H,3,5H2,1-2H3;2*2,4-5,18H,3H2,1H3. The topological polar surface area (TPSA) is 128 Å². The second-order valence-corrected chi connectivity index (χ2v) is 37.4. The lowest BCUT2D eigenvalue weighted by Crippen LogP contribution is -2.10. The van der Waals surface area contributed by atoms with Crippen LogP contribution < -0.4 is 60.3 Å². The van der Waals surface area contributed by atoms with Gasteiger partial charge in [-0.3, -0.25) is 0 Å². The van der Waals surface area contributed by atoms with Crippen LogP contribution in [0.1, 0.15) is 73.9 Å². The van der Waals surface area contributed by atoms with E-state index >= 15 is 0 Å². The first-order valence-electron chi connectivity index (χ1n) is 31.8. The Morgan fingerprint density at radius 2 is 0.509 bits per heavy atom. The van der Waals surface area contributed by atoms with Gasteiger partial charge in [0.25, 0.3) is 0 Å². The summed E-state index contributed by atoms with van der Waals surface area (Å²) in [6, 6.07) is 20.8. The molecule has 0 saturated heterocycles. The Bertz CT molecular complexity index is 3730. The molecule has 0 aliphatic heterocycles. The molecule has 0 aromatic heterocycles. The number of alkyl halides is 6. The van der Waals surface area contributed by atoms with Crippen molar-refractivity contribution >= 4 is 295 Å². The number of nitrogens with one attached hydrogen (secondary N) is 6. The molecule has 108 heavy (non-hydrogen) atoms. The van der Waals surface area contributed by atoms with E-state index in [1.165, 1.54) is 54.6 Å². The van der Waals surface area contributed by atoms with Crippen molar-refractivity contribution in [1.82, 2.24) is 0 Å². The van der Waals surface area contributed by atoms with Gasteiger partial charge in [-0.05, 0) is 348 Å². The number of rotatable bonds is 30. The Balaban J connectivity index is 0.000000648. The molecule has 0 aliphatic rings. The van der Waals surface area contributed by atoms with Crippen molar-refractivity contribution in [3.63, 3.8) is 0 Å². The van der Waals surface area contributed by atoms with E-state index in [1.807, 2.05) is 76.7 Å².